The molecule has 1 unspecified atom stereocenters. The molecule has 0 aliphatic carbocycles. The number of hydrogen-bond acceptors (Lipinski definition) is 4. The Bertz CT molecular complexity index is 470. The molecule has 0 aromatic heterocycles. The van der Waals surface area contributed by atoms with Crippen molar-refractivity contribution >= 4 is 11.9 Å². The topological polar surface area (TPSA) is 68.1 Å². The number of aliphatic carboxylic acids is 1. The smallest absolute Gasteiger partial charge is 0.307 e. The van der Waals surface area contributed by atoms with E-state index in [0.29, 0.717) is 18.9 Å². The Balaban J connectivity index is 1.92. The number of methoxy groups -OCH3 is 1. The van der Waals surface area contributed by atoms with E-state index in [1.807, 2.05) is 24.3 Å². The number of hydrogen-bond donors (Lipinski definition) is 1. The first-order valence-corrected chi connectivity index (χ1v) is 5.72. The van der Waals surface area contributed by atoms with Gasteiger partial charge >= 0.3 is 5.97 Å². The highest BCUT2D eigenvalue weighted by Gasteiger charge is 2.22. The molecule has 0 radical (unpaired) electrons. The monoisotopic (exact) mass is 249 g/mol. The average Bonchev–Trinajstić information content (AvgIpc) is 2.76. The van der Waals surface area contributed by atoms with Crippen LogP contribution >= 0.6 is 0 Å². The third-order valence-electron chi connectivity index (χ3n) is 2.67. The van der Waals surface area contributed by atoms with Gasteiger partial charge in [-0.1, -0.05) is 12.1 Å². The first kappa shape index (κ1) is 12.4. The van der Waals surface area contributed by atoms with Crippen molar-refractivity contribution in [3.63, 3.8) is 0 Å². The number of carboxylic acids is 1. The van der Waals surface area contributed by atoms with Gasteiger partial charge in [0.05, 0.1) is 20.1 Å². The summed E-state index contributed by atoms with van der Waals surface area (Å²) in [6.07, 6.45) is 0.224. The van der Waals surface area contributed by atoms with Gasteiger partial charge in [0.15, 0.2) is 5.90 Å². The second-order valence-electron chi connectivity index (χ2n) is 4.10. The molecule has 96 valence electrons. The Morgan fingerprint density at radius 2 is 2.44 bits per heavy atom. The van der Waals surface area contributed by atoms with E-state index in [2.05, 4.69) is 4.99 Å². The van der Waals surface area contributed by atoms with E-state index in [1.54, 1.807) is 7.11 Å². The molecule has 2 rings (SSSR count). The van der Waals surface area contributed by atoms with Crippen molar-refractivity contribution in [2.45, 2.75) is 18.9 Å². The van der Waals surface area contributed by atoms with Gasteiger partial charge in [0, 0.05) is 6.42 Å². The molecule has 0 bridgehead atoms. The summed E-state index contributed by atoms with van der Waals surface area (Å²) in [5.74, 6) is 0.514. The highest BCUT2D eigenvalue weighted by Crippen LogP contribution is 2.16. The first-order valence-electron chi connectivity index (χ1n) is 5.72. The number of aliphatic imine (C=N–C) groups is 1. The molecular formula is C13H15NO4. The Labute approximate surface area is 105 Å². The Morgan fingerprint density at radius 3 is 3.17 bits per heavy atom. The largest absolute Gasteiger partial charge is 0.497 e. The SMILES string of the molecule is COc1cccc(CC2=NCC(CC(=O)O)O2)c1. The predicted octanol–water partition coefficient (Wildman–Crippen LogP) is 1.51. The maximum absolute atomic E-state index is 10.6. The summed E-state index contributed by atoms with van der Waals surface area (Å²) in [6.45, 7) is 0.422. The van der Waals surface area contributed by atoms with Crippen LogP contribution in [-0.4, -0.2) is 36.7 Å². The lowest BCUT2D eigenvalue weighted by atomic mass is 10.1. The maximum Gasteiger partial charge on any atom is 0.307 e. The molecule has 1 atom stereocenters. The molecular weight excluding hydrogens is 234 g/mol. The fraction of sp³-hybridized carbons (Fsp3) is 0.385. The highest BCUT2D eigenvalue weighted by molar-refractivity contribution is 5.81. The van der Waals surface area contributed by atoms with Crippen LogP contribution < -0.4 is 4.74 Å². The van der Waals surface area contributed by atoms with Crippen LogP contribution in [0.1, 0.15) is 12.0 Å². The minimum Gasteiger partial charge on any atom is -0.497 e. The third kappa shape index (κ3) is 3.23. The van der Waals surface area contributed by atoms with Gasteiger partial charge in [0.1, 0.15) is 11.9 Å². The van der Waals surface area contributed by atoms with Crippen molar-refractivity contribution in [2.24, 2.45) is 4.99 Å². The zero-order valence-corrected chi connectivity index (χ0v) is 10.1. The highest BCUT2D eigenvalue weighted by atomic mass is 16.5. The van der Waals surface area contributed by atoms with Gasteiger partial charge in [-0.15, -0.1) is 0 Å². The summed E-state index contributed by atoms with van der Waals surface area (Å²) in [6, 6.07) is 7.64. The Morgan fingerprint density at radius 1 is 1.61 bits per heavy atom. The van der Waals surface area contributed by atoms with Gasteiger partial charge in [-0.05, 0) is 17.7 Å². The van der Waals surface area contributed by atoms with Crippen LogP contribution in [0.15, 0.2) is 29.3 Å². The van der Waals surface area contributed by atoms with Gasteiger partial charge in [0.2, 0.25) is 0 Å². The first-order chi connectivity index (χ1) is 8.67. The lowest BCUT2D eigenvalue weighted by Gasteiger charge is -2.09. The predicted molar refractivity (Wildman–Crippen MR) is 66.1 cm³/mol. The van der Waals surface area contributed by atoms with Crippen LogP contribution in [0, 0.1) is 0 Å². The Hall–Kier alpha value is -2.04. The molecule has 1 aromatic rings. The van der Waals surface area contributed by atoms with Crippen molar-refractivity contribution in [2.75, 3.05) is 13.7 Å². The van der Waals surface area contributed by atoms with Crippen LogP contribution in [0.25, 0.3) is 0 Å². The van der Waals surface area contributed by atoms with Crippen LogP contribution in [0.2, 0.25) is 0 Å². The average molecular weight is 249 g/mol. The summed E-state index contributed by atoms with van der Waals surface area (Å²) in [4.78, 5) is 14.8. The molecule has 5 heteroatoms. The van der Waals surface area contributed by atoms with Crippen molar-refractivity contribution < 1.29 is 19.4 Å². The van der Waals surface area contributed by atoms with Crippen LogP contribution in [0.3, 0.4) is 0 Å². The lowest BCUT2D eigenvalue weighted by molar-refractivity contribution is -0.138. The van der Waals surface area contributed by atoms with E-state index in [4.69, 9.17) is 14.6 Å². The molecule has 1 aliphatic heterocycles. The summed E-state index contributed by atoms with van der Waals surface area (Å²) in [5, 5.41) is 8.67. The fourth-order valence-electron chi connectivity index (χ4n) is 1.83. The number of carbonyl (C=O) groups is 1. The summed E-state index contributed by atoms with van der Waals surface area (Å²) in [7, 11) is 1.62. The quantitative estimate of drug-likeness (QED) is 0.858. The van der Waals surface area contributed by atoms with E-state index >= 15 is 0 Å². The molecule has 1 N–H and O–H groups in total. The van der Waals surface area contributed by atoms with Crippen molar-refractivity contribution in [3.05, 3.63) is 29.8 Å². The summed E-state index contributed by atoms with van der Waals surface area (Å²) in [5.41, 5.74) is 1.03. The van der Waals surface area contributed by atoms with Gasteiger partial charge in [-0.3, -0.25) is 9.79 Å². The number of rotatable bonds is 5. The van der Waals surface area contributed by atoms with E-state index < -0.39 is 5.97 Å². The molecule has 5 nitrogen and oxygen atoms in total. The fourth-order valence-corrected chi connectivity index (χ4v) is 1.83. The molecule has 0 saturated carbocycles. The van der Waals surface area contributed by atoms with Gasteiger partial charge in [-0.2, -0.15) is 0 Å². The second-order valence-corrected chi connectivity index (χ2v) is 4.10. The molecule has 0 fully saturated rings. The van der Waals surface area contributed by atoms with Gasteiger partial charge in [-0.25, -0.2) is 0 Å². The molecule has 0 amide bonds. The second kappa shape index (κ2) is 5.53. The molecule has 1 aliphatic rings. The van der Waals surface area contributed by atoms with E-state index in [0.717, 1.165) is 11.3 Å². The zero-order chi connectivity index (χ0) is 13.0. The number of benzene rings is 1. The van der Waals surface area contributed by atoms with E-state index in [-0.39, 0.29) is 12.5 Å². The molecule has 1 aromatic carbocycles. The van der Waals surface area contributed by atoms with Crippen molar-refractivity contribution in [3.8, 4) is 5.75 Å². The summed E-state index contributed by atoms with van der Waals surface area (Å²) < 4.78 is 10.6. The molecule has 18 heavy (non-hydrogen) atoms. The number of ether oxygens (including phenoxy) is 2. The van der Waals surface area contributed by atoms with E-state index in [9.17, 15) is 4.79 Å². The van der Waals surface area contributed by atoms with Crippen LogP contribution in [0.5, 0.6) is 5.75 Å². The molecule has 1 heterocycles. The summed E-state index contributed by atoms with van der Waals surface area (Å²) >= 11 is 0. The molecule has 0 saturated heterocycles. The maximum atomic E-state index is 10.6. The number of carboxylic acid groups (broad SMARTS) is 1. The lowest BCUT2D eigenvalue weighted by Crippen LogP contribution is -2.18. The standard InChI is InChI=1S/C13H15NO4/c1-17-10-4-2-3-9(5-10)6-12-14-8-11(18-12)7-13(15)16/h2-5,11H,6-8H2,1H3,(H,15,16). The minimum absolute atomic E-state index is 0.00882. The molecule has 0 spiro atoms. The van der Waals surface area contributed by atoms with E-state index in [1.165, 1.54) is 0 Å². The normalized spacial score (nSPS) is 18.1. The van der Waals surface area contributed by atoms with Crippen molar-refractivity contribution in [1.82, 2.24) is 0 Å². The number of nitrogens with zero attached hydrogens (tertiary/aromatic N) is 1. The minimum atomic E-state index is -0.863. The Kier molecular flexibility index (Phi) is 3.82. The third-order valence-corrected chi connectivity index (χ3v) is 2.67. The van der Waals surface area contributed by atoms with Crippen molar-refractivity contribution in [1.29, 1.82) is 0 Å². The van der Waals surface area contributed by atoms with Gasteiger partial charge < -0.3 is 14.6 Å². The van der Waals surface area contributed by atoms with Crippen LogP contribution in [-0.2, 0) is 16.0 Å². The van der Waals surface area contributed by atoms with Crippen LogP contribution in [0.4, 0.5) is 0 Å². The van der Waals surface area contributed by atoms with Gasteiger partial charge in [0.25, 0.3) is 0 Å². The zero-order valence-electron chi connectivity index (χ0n) is 10.1.